The van der Waals surface area contributed by atoms with E-state index in [-0.39, 0.29) is 5.54 Å². The fraction of sp³-hybridized carbons (Fsp3) is 0.471. The number of nitrogens with zero attached hydrogens (tertiary/aromatic N) is 1. The maximum atomic E-state index is 5.39. The van der Waals surface area contributed by atoms with E-state index in [9.17, 15) is 0 Å². The molecule has 21 heavy (non-hydrogen) atoms. The average Bonchev–Trinajstić information content (AvgIpc) is 3.00. The first kappa shape index (κ1) is 14.5. The van der Waals surface area contributed by atoms with Gasteiger partial charge in [-0.1, -0.05) is 6.07 Å². The van der Waals surface area contributed by atoms with E-state index in [1.165, 1.54) is 16.1 Å². The highest BCUT2D eigenvalue weighted by Crippen LogP contribution is 2.39. The number of thiazole rings is 1. The summed E-state index contributed by atoms with van der Waals surface area (Å²) >= 11 is 1.75. The van der Waals surface area contributed by atoms with Gasteiger partial charge in [-0.25, -0.2) is 4.98 Å². The van der Waals surface area contributed by atoms with Crippen molar-refractivity contribution in [2.75, 3.05) is 7.11 Å². The molecule has 0 fully saturated rings. The Morgan fingerprint density at radius 1 is 1.33 bits per heavy atom. The van der Waals surface area contributed by atoms with E-state index in [1.807, 2.05) is 6.20 Å². The summed E-state index contributed by atoms with van der Waals surface area (Å²) in [5.74, 6) is 0.938. The molecule has 0 aliphatic heterocycles. The van der Waals surface area contributed by atoms with Gasteiger partial charge in [-0.2, -0.15) is 0 Å². The molecule has 0 amide bonds. The number of benzene rings is 1. The molecule has 1 N–H and O–H groups in total. The van der Waals surface area contributed by atoms with Crippen LogP contribution in [0.25, 0.3) is 0 Å². The molecular formula is C17H22N2OS. The zero-order chi connectivity index (χ0) is 14.9. The van der Waals surface area contributed by atoms with Crippen LogP contribution in [-0.4, -0.2) is 18.1 Å². The van der Waals surface area contributed by atoms with E-state index >= 15 is 0 Å². The van der Waals surface area contributed by atoms with Crippen LogP contribution < -0.4 is 10.1 Å². The van der Waals surface area contributed by atoms with Crippen molar-refractivity contribution in [1.82, 2.24) is 10.3 Å². The third-order valence-electron chi connectivity index (χ3n) is 4.13. The van der Waals surface area contributed by atoms with Crippen molar-refractivity contribution >= 4 is 11.3 Å². The van der Waals surface area contributed by atoms with Gasteiger partial charge >= 0.3 is 0 Å². The molecule has 1 unspecified atom stereocenters. The number of aromatic nitrogens is 1. The second-order valence-electron chi connectivity index (χ2n) is 6.03. The molecule has 4 heteroatoms. The Bertz CT molecular complexity index is 609. The molecule has 0 saturated heterocycles. The molecule has 2 aromatic rings. The maximum absolute atomic E-state index is 5.39. The zero-order valence-electron chi connectivity index (χ0n) is 12.8. The lowest BCUT2D eigenvalue weighted by Gasteiger charge is -2.39. The molecule has 3 rings (SSSR count). The van der Waals surface area contributed by atoms with E-state index in [1.54, 1.807) is 18.4 Å². The van der Waals surface area contributed by atoms with Crippen LogP contribution in [0.4, 0.5) is 0 Å². The summed E-state index contributed by atoms with van der Waals surface area (Å²) in [6, 6.07) is 6.88. The zero-order valence-corrected chi connectivity index (χ0v) is 13.7. The van der Waals surface area contributed by atoms with Crippen molar-refractivity contribution in [3.8, 4) is 5.75 Å². The Balaban J connectivity index is 1.99. The lowest BCUT2D eigenvalue weighted by molar-refractivity contribution is 0.266. The molecular weight excluding hydrogens is 280 g/mol. The molecule has 112 valence electrons. The lowest BCUT2D eigenvalue weighted by Crippen LogP contribution is -2.49. The van der Waals surface area contributed by atoms with Crippen LogP contribution >= 0.6 is 11.3 Å². The normalized spacial score (nSPS) is 21.3. The van der Waals surface area contributed by atoms with Crippen molar-refractivity contribution in [2.45, 2.75) is 44.7 Å². The third kappa shape index (κ3) is 2.83. The first-order valence-electron chi connectivity index (χ1n) is 7.46. The molecule has 0 spiro atoms. The number of hydrogen-bond donors (Lipinski definition) is 1. The van der Waals surface area contributed by atoms with Gasteiger partial charge in [0.2, 0.25) is 0 Å². The number of aryl methyl sites for hydroxylation is 1. The van der Waals surface area contributed by atoms with Crippen molar-refractivity contribution in [3.05, 3.63) is 45.9 Å². The number of rotatable bonds is 4. The van der Waals surface area contributed by atoms with Crippen LogP contribution in [0.1, 0.15) is 36.4 Å². The van der Waals surface area contributed by atoms with Crippen LogP contribution in [0.5, 0.6) is 5.75 Å². The molecule has 1 aliphatic carbocycles. The molecule has 1 aliphatic rings. The summed E-state index contributed by atoms with van der Waals surface area (Å²) in [6.45, 7) is 4.41. The van der Waals surface area contributed by atoms with E-state index in [2.05, 4.69) is 47.7 Å². The van der Waals surface area contributed by atoms with Crippen molar-refractivity contribution < 1.29 is 4.74 Å². The van der Waals surface area contributed by atoms with Crippen molar-refractivity contribution in [2.24, 2.45) is 0 Å². The third-order valence-corrected chi connectivity index (χ3v) is 5.11. The Kier molecular flexibility index (Phi) is 4.00. The smallest absolute Gasteiger partial charge is 0.119 e. The lowest BCUT2D eigenvalue weighted by atomic mass is 9.77. The number of ether oxygens (including phenoxy) is 1. The van der Waals surface area contributed by atoms with Gasteiger partial charge in [0.05, 0.1) is 12.6 Å². The maximum Gasteiger partial charge on any atom is 0.119 e. The van der Waals surface area contributed by atoms with Crippen LogP contribution in [-0.2, 0) is 18.4 Å². The van der Waals surface area contributed by atoms with Crippen LogP contribution in [0.3, 0.4) is 0 Å². The van der Waals surface area contributed by atoms with Gasteiger partial charge in [-0.3, -0.25) is 0 Å². The summed E-state index contributed by atoms with van der Waals surface area (Å²) in [6.07, 6.45) is 5.06. The molecule has 0 saturated carbocycles. The van der Waals surface area contributed by atoms with Gasteiger partial charge in [0.25, 0.3) is 0 Å². The molecule has 1 aromatic carbocycles. The van der Waals surface area contributed by atoms with Gasteiger partial charge in [0, 0.05) is 17.6 Å². The number of nitrogens with one attached hydrogen (secondary N) is 1. The minimum Gasteiger partial charge on any atom is -0.497 e. The highest BCUT2D eigenvalue weighted by atomic mass is 32.1. The SMILES string of the molecule is COc1ccc2c(c1)CC(NC(C)C)(c1nccs1)CC2. The van der Waals surface area contributed by atoms with Gasteiger partial charge in [-0.15, -0.1) is 11.3 Å². The molecule has 0 bridgehead atoms. The quantitative estimate of drug-likeness (QED) is 0.938. The second-order valence-corrected chi connectivity index (χ2v) is 6.92. The summed E-state index contributed by atoms with van der Waals surface area (Å²) < 4.78 is 5.39. The van der Waals surface area contributed by atoms with E-state index < -0.39 is 0 Å². The van der Waals surface area contributed by atoms with Gasteiger partial charge in [0.1, 0.15) is 10.8 Å². The molecule has 3 nitrogen and oxygen atoms in total. The first-order chi connectivity index (χ1) is 10.1. The average molecular weight is 302 g/mol. The summed E-state index contributed by atoms with van der Waals surface area (Å²) in [5.41, 5.74) is 2.78. The highest BCUT2D eigenvalue weighted by molar-refractivity contribution is 7.09. The van der Waals surface area contributed by atoms with Gasteiger partial charge in [0.15, 0.2) is 0 Å². The Hall–Kier alpha value is -1.39. The Labute approximate surface area is 130 Å². The Morgan fingerprint density at radius 2 is 2.19 bits per heavy atom. The monoisotopic (exact) mass is 302 g/mol. The minimum atomic E-state index is -0.0400. The number of methoxy groups -OCH3 is 1. The summed E-state index contributed by atoms with van der Waals surface area (Å²) in [4.78, 5) is 4.61. The molecule has 1 aromatic heterocycles. The van der Waals surface area contributed by atoms with Gasteiger partial charge < -0.3 is 10.1 Å². The Morgan fingerprint density at radius 3 is 2.86 bits per heavy atom. The second kappa shape index (κ2) is 5.78. The minimum absolute atomic E-state index is 0.0400. The first-order valence-corrected chi connectivity index (χ1v) is 8.34. The van der Waals surface area contributed by atoms with Gasteiger partial charge in [-0.05, 0) is 56.4 Å². The largest absolute Gasteiger partial charge is 0.497 e. The van der Waals surface area contributed by atoms with E-state index in [4.69, 9.17) is 4.74 Å². The predicted octanol–water partition coefficient (Wildman–Crippen LogP) is 3.53. The number of hydrogen-bond acceptors (Lipinski definition) is 4. The predicted molar refractivity (Wildman–Crippen MR) is 87.1 cm³/mol. The summed E-state index contributed by atoms with van der Waals surface area (Å²) in [5, 5.41) is 7.05. The molecule has 1 atom stereocenters. The standard InChI is InChI=1S/C17H22N2OS/c1-12(2)19-17(16-18-8-9-21-16)7-6-13-4-5-15(20-3)10-14(13)11-17/h4-5,8-10,12,19H,6-7,11H2,1-3H3. The fourth-order valence-electron chi connectivity index (χ4n) is 3.28. The van der Waals surface area contributed by atoms with Crippen LogP contribution in [0, 0.1) is 0 Å². The highest BCUT2D eigenvalue weighted by Gasteiger charge is 2.38. The van der Waals surface area contributed by atoms with Crippen molar-refractivity contribution in [1.29, 1.82) is 0 Å². The molecule has 1 heterocycles. The number of fused-ring (bicyclic) bond motifs is 1. The fourth-order valence-corrected chi connectivity index (χ4v) is 4.11. The summed E-state index contributed by atoms with van der Waals surface area (Å²) in [7, 11) is 1.73. The van der Waals surface area contributed by atoms with E-state index in [0.29, 0.717) is 6.04 Å². The van der Waals surface area contributed by atoms with Crippen LogP contribution in [0.15, 0.2) is 29.8 Å². The van der Waals surface area contributed by atoms with Crippen molar-refractivity contribution in [3.63, 3.8) is 0 Å². The van der Waals surface area contributed by atoms with E-state index in [0.717, 1.165) is 25.0 Å². The topological polar surface area (TPSA) is 34.1 Å². The molecule has 0 radical (unpaired) electrons. The van der Waals surface area contributed by atoms with Crippen LogP contribution in [0.2, 0.25) is 0 Å².